The van der Waals surface area contributed by atoms with Crippen LogP contribution in [-0.4, -0.2) is 23.4 Å². The van der Waals surface area contributed by atoms with Crippen molar-refractivity contribution in [3.8, 4) is 0 Å². The van der Waals surface area contributed by atoms with Gasteiger partial charge in [-0.15, -0.1) is 14.8 Å². The molecule has 4 N–H and O–H groups in total. The normalized spacial score (nSPS) is 13.2. The van der Waals surface area contributed by atoms with Crippen LogP contribution in [0, 0.1) is 0 Å². The molecule has 10 heteroatoms. The zero-order chi connectivity index (χ0) is 9.83. The van der Waals surface area contributed by atoms with Gasteiger partial charge in [0.15, 0.2) is 0 Å². The van der Waals surface area contributed by atoms with Crippen LogP contribution in [0.1, 0.15) is 6.92 Å². The van der Waals surface area contributed by atoms with Crippen molar-refractivity contribution in [2.24, 2.45) is 0 Å². The Morgan fingerprint density at radius 1 is 1.17 bits per heavy atom. The Labute approximate surface area is 70.9 Å². The zero-order valence-electron chi connectivity index (χ0n) is 6.16. The Hall–Kier alpha value is -0.260. The molecule has 0 aliphatic carbocycles. The molecule has 0 fully saturated rings. The van der Waals surface area contributed by atoms with Gasteiger partial charge in [-0.25, -0.2) is 4.72 Å². The van der Waals surface area contributed by atoms with Gasteiger partial charge in [0.2, 0.25) is 0 Å². The van der Waals surface area contributed by atoms with Crippen molar-refractivity contribution in [3.05, 3.63) is 0 Å². The van der Waals surface area contributed by atoms with E-state index in [0.717, 1.165) is 0 Å². The van der Waals surface area contributed by atoms with Gasteiger partial charge in [0.05, 0.1) is 0 Å². The standard InChI is InChI=1S/C2H9N4O4S2/c1-2-4-12(9,10)6-5-11(3,7)8/h3-6H,2H2,1H3. The molecular weight excluding hydrogens is 208 g/mol. The topological polar surface area (TPSA) is 128 Å². The molecule has 0 saturated carbocycles. The van der Waals surface area contributed by atoms with E-state index >= 15 is 0 Å². The summed E-state index contributed by atoms with van der Waals surface area (Å²) in [6, 6.07) is 0. The van der Waals surface area contributed by atoms with Crippen LogP contribution in [0.15, 0.2) is 0 Å². The summed E-state index contributed by atoms with van der Waals surface area (Å²) in [5.74, 6) is 0. The van der Waals surface area contributed by atoms with Gasteiger partial charge in [-0.2, -0.15) is 16.8 Å². The Bertz CT molecular complexity index is 317. The maximum Gasteiger partial charge on any atom is 0.304 e. The Kier molecular flexibility index (Phi) is 4.02. The van der Waals surface area contributed by atoms with Crippen LogP contribution < -0.4 is 19.5 Å². The molecule has 0 rings (SSSR count). The van der Waals surface area contributed by atoms with Crippen molar-refractivity contribution in [1.82, 2.24) is 19.5 Å². The molecule has 0 unspecified atom stereocenters. The molecule has 0 amide bonds. The highest BCUT2D eigenvalue weighted by Crippen LogP contribution is 1.73. The maximum absolute atomic E-state index is 10.6. The average molecular weight is 217 g/mol. The lowest BCUT2D eigenvalue weighted by molar-refractivity contribution is 0.549. The van der Waals surface area contributed by atoms with Gasteiger partial charge < -0.3 is 0 Å². The van der Waals surface area contributed by atoms with Gasteiger partial charge in [0.25, 0.3) is 10.2 Å². The lowest BCUT2D eigenvalue weighted by Crippen LogP contribution is -2.47. The Balaban J connectivity index is 4.12. The third-order valence-corrected chi connectivity index (χ3v) is 2.18. The molecule has 0 aromatic rings. The van der Waals surface area contributed by atoms with Crippen LogP contribution in [0.4, 0.5) is 0 Å². The molecule has 73 valence electrons. The maximum atomic E-state index is 10.6. The van der Waals surface area contributed by atoms with Crippen LogP contribution in [0.25, 0.3) is 0 Å². The minimum Gasteiger partial charge on any atom is -0.202 e. The second-order valence-corrected chi connectivity index (χ2v) is 4.42. The van der Waals surface area contributed by atoms with Gasteiger partial charge in [0, 0.05) is 6.54 Å². The van der Waals surface area contributed by atoms with Crippen LogP contribution in [0.3, 0.4) is 0 Å². The summed E-state index contributed by atoms with van der Waals surface area (Å²) in [6.45, 7) is 1.64. The summed E-state index contributed by atoms with van der Waals surface area (Å²) in [4.78, 5) is 2.72. The number of rotatable bonds is 5. The van der Waals surface area contributed by atoms with Gasteiger partial charge in [-0.1, -0.05) is 6.92 Å². The third-order valence-electron chi connectivity index (χ3n) is 0.645. The second-order valence-electron chi connectivity index (χ2n) is 1.71. The minimum atomic E-state index is -4.31. The SMILES string of the molecule is CCNS(=O)(=O)NNS([NH])(=O)=O. The first kappa shape index (κ1) is 11.7. The zero-order valence-corrected chi connectivity index (χ0v) is 7.79. The van der Waals surface area contributed by atoms with Crippen molar-refractivity contribution < 1.29 is 16.8 Å². The Morgan fingerprint density at radius 3 is 2.00 bits per heavy atom. The minimum absolute atomic E-state index is 0.120. The van der Waals surface area contributed by atoms with Crippen LogP contribution >= 0.6 is 0 Å². The molecule has 1 radical (unpaired) electrons. The van der Waals surface area contributed by atoms with E-state index in [2.05, 4.69) is 0 Å². The molecule has 0 atom stereocenters. The predicted molar refractivity (Wildman–Crippen MR) is 40.9 cm³/mol. The van der Waals surface area contributed by atoms with E-state index in [1.807, 2.05) is 4.72 Å². The van der Waals surface area contributed by atoms with E-state index in [9.17, 15) is 16.8 Å². The van der Waals surface area contributed by atoms with Crippen LogP contribution in [0.2, 0.25) is 0 Å². The van der Waals surface area contributed by atoms with E-state index in [1.54, 1.807) is 0 Å². The van der Waals surface area contributed by atoms with E-state index in [1.165, 1.54) is 16.6 Å². The first-order valence-corrected chi connectivity index (χ1v) is 5.76. The molecule has 0 aliphatic heterocycles. The molecule has 0 aromatic carbocycles. The molecule has 0 aliphatic rings. The van der Waals surface area contributed by atoms with Crippen LogP contribution in [0.5, 0.6) is 0 Å². The molecule has 0 heterocycles. The fourth-order valence-corrected chi connectivity index (χ4v) is 1.67. The van der Waals surface area contributed by atoms with Crippen molar-refractivity contribution in [2.75, 3.05) is 6.54 Å². The van der Waals surface area contributed by atoms with Crippen molar-refractivity contribution in [3.63, 3.8) is 0 Å². The molecule has 12 heavy (non-hydrogen) atoms. The van der Waals surface area contributed by atoms with E-state index in [0.29, 0.717) is 0 Å². The number of hydrazine groups is 1. The summed E-state index contributed by atoms with van der Waals surface area (Å²) < 4.78 is 43.4. The Morgan fingerprint density at radius 2 is 1.67 bits per heavy atom. The molecule has 0 saturated heterocycles. The van der Waals surface area contributed by atoms with Gasteiger partial charge in [-0.3, -0.25) is 0 Å². The van der Waals surface area contributed by atoms with Crippen molar-refractivity contribution >= 4 is 20.4 Å². The van der Waals surface area contributed by atoms with Crippen molar-refractivity contribution in [2.45, 2.75) is 6.92 Å². The smallest absolute Gasteiger partial charge is 0.202 e. The molecular formula is C2H9N4O4S2. The lowest BCUT2D eigenvalue weighted by atomic mass is 10.8. The number of hydrogen-bond donors (Lipinski definition) is 3. The van der Waals surface area contributed by atoms with E-state index < -0.39 is 20.4 Å². The van der Waals surface area contributed by atoms with Gasteiger partial charge in [-0.05, 0) is 0 Å². The predicted octanol–water partition coefficient (Wildman–Crippen LogP) is -2.54. The van der Waals surface area contributed by atoms with Crippen molar-refractivity contribution in [1.29, 1.82) is 0 Å². The summed E-state index contributed by atoms with van der Waals surface area (Å²) >= 11 is 0. The number of nitrogens with one attached hydrogen (secondary N) is 4. The van der Waals surface area contributed by atoms with E-state index in [-0.39, 0.29) is 6.54 Å². The monoisotopic (exact) mass is 217 g/mol. The lowest BCUT2D eigenvalue weighted by Gasteiger charge is -2.04. The van der Waals surface area contributed by atoms with E-state index in [4.69, 9.17) is 5.14 Å². The summed E-state index contributed by atoms with van der Waals surface area (Å²) in [7, 11) is -8.18. The third kappa shape index (κ3) is 6.45. The average Bonchev–Trinajstić information content (AvgIpc) is 1.83. The van der Waals surface area contributed by atoms with Crippen LogP contribution in [-0.2, 0) is 20.4 Å². The summed E-state index contributed by atoms with van der Waals surface area (Å²) in [6.07, 6.45) is 0. The summed E-state index contributed by atoms with van der Waals surface area (Å²) in [5, 5.41) is 6.25. The first-order chi connectivity index (χ1) is 5.27. The largest absolute Gasteiger partial charge is 0.304 e. The highest BCUT2D eigenvalue weighted by Gasteiger charge is 2.10. The summed E-state index contributed by atoms with van der Waals surface area (Å²) in [5.41, 5.74) is 0. The molecule has 0 aromatic heterocycles. The first-order valence-electron chi connectivity index (χ1n) is 2.79. The fourth-order valence-electron chi connectivity index (χ4n) is 0.336. The highest BCUT2D eigenvalue weighted by molar-refractivity contribution is 7.90. The second kappa shape index (κ2) is 4.11. The number of hydrogen-bond acceptors (Lipinski definition) is 4. The van der Waals surface area contributed by atoms with Gasteiger partial charge >= 0.3 is 10.2 Å². The molecule has 0 spiro atoms. The molecule has 8 nitrogen and oxygen atoms in total. The highest BCUT2D eigenvalue weighted by atomic mass is 32.2. The van der Waals surface area contributed by atoms with Gasteiger partial charge in [0.1, 0.15) is 0 Å². The fraction of sp³-hybridized carbons (Fsp3) is 1.00. The quantitative estimate of drug-likeness (QED) is 0.438. The molecule has 0 bridgehead atoms.